The summed E-state index contributed by atoms with van der Waals surface area (Å²) in [5.74, 6) is -2.18. The average Bonchev–Trinajstić information content (AvgIpc) is 2.67. The molecule has 21 heavy (non-hydrogen) atoms. The quantitative estimate of drug-likeness (QED) is 0.912. The lowest BCUT2D eigenvalue weighted by Gasteiger charge is -2.10. The van der Waals surface area contributed by atoms with Gasteiger partial charge in [-0.3, -0.25) is 9.48 Å². The highest BCUT2D eigenvalue weighted by atomic mass is 19.1. The maximum Gasteiger partial charge on any atom is 0.246 e. The molecule has 0 aliphatic heterocycles. The first-order valence-electron chi connectivity index (χ1n) is 6.35. The summed E-state index contributed by atoms with van der Waals surface area (Å²) in [5, 5.41) is 6.33. The Balaban J connectivity index is 2.19. The number of amides is 1. The standard InChI is InChI=1S/C14H16F2N4O/c1-7-4-5-10(15)14(12(7)16)18-11(21)6-20-9(3)13(17)8(2)19-20/h4-5H,6,17H2,1-3H3,(H,18,21). The zero-order valence-corrected chi connectivity index (χ0v) is 12.0. The van der Waals surface area contributed by atoms with E-state index in [1.165, 1.54) is 17.7 Å². The van der Waals surface area contributed by atoms with Crippen LogP contribution in [-0.4, -0.2) is 15.7 Å². The van der Waals surface area contributed by atoms with E-state index in [1.807, 2.05) is 0 Å². The Hall–Kier alpha value is -2.44. The van der Waals surface area contributed by atoms with E-state index in [4.69, 9.17) is 5.73 Å². The first kappa shape index (κ1) is 15.0. The Morgan fingerprint density at radius 2 is 2.00 bits per heavy atom. The second-order valence-corrected chi connectivity index (χ2v) is 4.84. The van der Waals surface area contributed by atoms with Crippen LogP contribution in [0.1, 0.15) is 17.0 Å². The molecule has 0 fully saturated rings. The van der Waals surface area contributed by atoms with E-state index in [0.717, 1.165) is 6.07 Å². The predicted octanol–water partition coefficient (Wildman–Crippen LogP) is 2.31. The number of hydrogen-bond donors (Lipinski definition) is 2. The Morgan fingerprint density at radius 1 is 1.33 bits per heavy atom. The summed E-state index contributed by atoms with van der Waals surface area (Å²) in [7, 11) is 0. The summed E-state index contributed by atoms with van der Waals surface area (Å²) >= 11 is 0. The number of nitrogens with zero attached hydrogens (tertiary/aromatic N) is 2. The normalized spacial score (nSPS) is 10.7. The van der Waals surface area contributed by atoms with Crippen molar-refractivity contribution in [1.82, 2.24) is 9.78 Å². The van der Waals surface area contributed by atoms with E-state index in [0.29, 0.717) is 17.1 Å². The number of hydrogen-bond acceptors (Lipinski definition) is 3. The zero-order chi connectivity index (χ0) is 15.7. The molecule has 1 amide bonds. The van der Waals surface area contributed by atoms with Gasteiger partial charge in [0.05, 0.1) is 17.1 Å². The number of halogens is 2. The number of anilines is 2. The molecule has 0 spiro atoms. The van der Waals surface area contributed by atoms with Crippen LogP contribution in [0.3, 0.4) is 0 Å². The monoisotopic (exact) mass is 294 g/mol. The molecule has 112 valence electrons. The van der Waals surface area contributed by atoms with Crippen LogP contribution in [0.5, 0.6) is 0 Å². The van der Waals surface area contributed by atoms with Crippen LogP contribution >= 0.6 is 0 Å². The lowest BCUT2D eigenvalue weighted by molar-refractivity contribution is -0.117. The average molecular weight is 294 g/mol. The van der Waals surface area contributed by atoms with E-state index in [-0.39, 0.29) is 12.1 Å². The number of nitrogens with two attached hydrogens (primary N) is 1. The molecule has 5 nitrogen and oxygen atoms in total. The van der Waals surface area contributed by atoms with E-state index in [1.54, 1.807) is 13.8 Å². The molecule has 3 N–H and O–H groups in total. The van der Waals surface area contributed by atoms with Crippen LogP contribution in [-0.2, 0) is 11.3 Å². The van der Waals surface area contributed by atoms with Crippen molar-refractivity contribution in [2.75, 3.05) is 11.1 Å². The minimum Gasteiger partial charge on any atom is -0.396 e. The summed E-state index contributed by atoms with van der Waals surface area (Å²) in [4.78, 5) is 11.9. The number of carbonyl (C=O) groups is 1. The summed E-state index contributed by atoms with van der Waals surface area (Å²) in [6.45, 7) is 4.76. The number of aromatic nitrogens is 2. The van der Waals surface area contributed by atoms with Gasteiger partial charge in [0.25, 0.3) is 0 Å². The van der Waals surface area contributed by atoms with Gasteiger partial charge in [-0.05, 0) is 32.4 Å². The largest absolute Gasteiger partial charge is 0.396 e. The van der Waals surface area contributed by atoms with E-state index < -0.39 is 23.2 Å². The Kier molecular flexibility index (Phi) is 3.93. The van der Waals surface area contributed by atoms with Crippen molar-refractivity contribution in [2.24, 2.45) is 0 Å². The fraction of sp³-hybridized carbons (Fsp3) is 0.286. The van der Waals surface area contributed by atoms with E-state index >= 15 is 0 Å². The van der Waals surface area contributed by atoms with Crippen LogP contribution in [0, 0.1) is 32.4 Å². The molecule has 0 atom stereocenters. The lowest BCUT2D eigenvalue weighted by Crippen LogP contribution is -2.22. The molecule has 0 saturated carbocycles. The highest BCUT2D eigenvalue weighted by Gasteiger charge is 2.16. The maximum atomic E-state index is 13.8. The molecular weight excluding hydrogens is 278 g/mol. The lowest BCUT2D eigenvalue weighted by atomic mass is 10.2. The predicted molar refractivity (Wildman–Crippen MR) is 75.8 cm³/mol. The highest BCUT2D eigenvalue weighted by molar-refractivity contribution is 5.91. The number of aryl methyl sites for hydroxylation is 2. The van der Waals surface area contributed by atoms with Crippen molar-refractivity contribution in [2.45, 2.75) is 27.3 Å². The molecule has 0 radical (unpaired) electrons. The van der Waals surface area contributed by atoms with E-state index in [2.05, 4.69) is 10.4 Å². The third kappa shape index (κ3) is 2.86. The molecule has 1 aromatic carbocycles. The molecule has 0 bridgehead atoms. The van der Waals surface area contributed by atoms with Crippen LogP contribution < -0.4 is 11.1 Å². The van der Waals surface area contributed by atoms with Gasteiger partial charge in [0, 0.05) is 0 Å². The molecule has 7 heteroatoms. The Morgan fingerprint density at radius 3 is 2.57 bits per heavy atom. The second kappa shape index (κ2) is 5.51. The van der Waals surface area contributed by atoms with Gasteiger partial charge < -0.3 is 11.1 Å². The molecule has 0 aliphatic rings. The molecule has 1 heterocycles. The number of carbonyl (C=O) groups excluding carboxylic acids is 1. The molecule has 0 aliphatic carbocycles. The van der Waals surface area contributed by atoms with Gasteiger partial charge in [-0.2, -0.15) is 5.10 Å². The van der Waals surface area contributed by atoms with Crippen molar-refractivity contribution in [3.8, 4) is 0 Å². The summed E-state index contributed by atoms with van der Waals surface area (Å²) in [5.41, 5.74) is 7.30. The number of rotatable bonds is 3. The molecule has 0 unspecified atom stereocenters. The summed E-state index contributed by atoms with van der Waals surface area (Å²) in [6, 6.07) is 2.41. The summed E-state index contributed by atoms with van der Waals surface area (Å²) < 4.78 is 28.8. The molecule has 2 rings (SSSR count). The van der Waals surface area contributed by atoms with Crippen molar-refractivity contribution in [3.05, 3.63) is 40.7 Å². The van der Waals surface area contributed by atoms with Crippen molar-refractivity contribution in [3.63, 3.8) is 0 Å². The fourth-order valence-corrected chi connectivity index (χ4v) is 1.95. The molecule has 1 aromatic heterocycles. The zero-order valence-electron chi connectivity index (χ0n) is 12.0. The number of benzene rings is 1. The fourth-order valence-electron chi connectivity index (χ4n) is 1.95. The van der Waals surface area contributed by atoms with Crippen molar-refractivity contribution < 1.29 is 13.6 Å². The van der Waals surface area contributed by atoms with Gasteiger partial charge in [-0.1, -0.05) is 6.07 Å². The minimum absolute atomic E-state index is 0.170. The topological polar surface area (TPSA) is 72.9 Å². The van der Waals surface area contributed by atoms with Gasteiger partial charge in [0.1, 0.15) is 18.0 Å². The molecular formula is C14H16F2N4O. The minimum atomic E-state index is -0.820. The highest BCUT2D eigenvalue weighted by Crippen LogP contribution is 2.22. The molecule has 2 aromatic rings. The summed E-state index contributed by atoms with van der Waals surface area (Å²) in [6.07, 6.45) is 0. The second-order valence-electron chi connectivity index (χ2n) is 4.84. The van der Waals surface area contributed by atoms with E-state index in [9.17, 15) is 13.6 Å². The smallest absolute Gasteiger partial charge is 0.246 e. The van der Waals surface area contributed by atoms with Gasteiger partial charge in [0.15, 0.2) is 5.82 Å². The third-order valence-electron chi connectivity index (χ3n) is 3.28. The van der Waals surface area contributed by atoms with Crippen LogP contribution in [0.4, 0.5) is 20.2 Å². The van der Waals surface area contributed by atoms with Gasteiger partial charge in [-0.25, -0.2) is 8.78 Å². The van der Waals surface area contributed by atoms with Crippen LogP contribution in [0.15, 0.2) is 12.1 Å². The third-order valence-corrected chi connectivity index (χ3v) is 3.28. The first-order chi connectivity index (χ1) is 9.81. The Labute approximate surface area is 120 Å². The number of nitrogen functional groups attached to an aromatic ring is 1. The van der Waals surface area contributed by atoms with Crippen LogP contribution in [0.2, 0.25) is 0 Å². The van der Waals surface area contributed by atoms with Gasteiger partial charge in [0.2, 0.25) is 5.91 Å². The van der Waals surface area contributed by atoms with Crippen molar-refractivity contribution in [1.29, 1.82) is 0 Å². The molecule has 0 saturated heterocycles. The maximum absolute atomic E-state index is 13.8. The van der Waals surface area contributed by atoms with Crippen LogP contribution in [0.25, 0.3) is 0 Å². The SMILES string of the molecule is Cc1ccc(F)c(NC(=O)Cn2nc(C)c(N)c2C)c1F. The first-order valence-corrected chi connectivity index (χ1v) is 6.35. The van der Waals surface area contributed by atoms with Gasteiger partial charge >= 0.3 is 0 Å². The number of nitrogens with one attached hydrogen (secondary N) is 1. The van der Waals surface area contributed by atoms with Crippen molar-refractivity contribution >= 4 is 17.3 Å². The van der Waals surface area contributed by atoms with Gasteiger partial charge in [-0.15, -0.1) is 0 Å². The Bertz CT molecular complexity index is 709.